The highest BCUT2D eigenvalue weighted by Crippen LogP contribution is 2.39. The molecular formula is C26H31N7. The van der Waals surface area contributed by atoms with Gasteiger partial charge in [-0.25, -0.2) is 4.68 Å². The minimum Gasteiger partial charge on any atom is -0.378 e. The summed E-state index contributed by atoms with van der Waals surface area (Å²) in [5.41, 5.74) is 9.35. The van der Waals surface area contributed by atoms with E-state index in [9.17, 15) is 0 Å². The minimum absolute atomic E-state index is 0.172. The van der Waals surface area contributed by atoms with E-state index in [4.69, 9.17) is 0 Å². The van der Waals surface area contributed by atoms with Gasteiger partial charge in [0.25, 0.3) is 0 Å². The van der Waals surface area contributed by atoms with E-state index in [0.29, 0.717) is 0 Å². The third kappa shape index (κ3) is 4.41. The van der Waals surface area contributed by atoms with Gasteiger partial charge in [-0.1, -0.05) is 29.5 Å². The fraction of sp³-hybridized carbons (Fsp3) is 0.346. The Morgan fingerprint density at radius 3 is 2.64 bits per heavy atom. The van der Waals surface area contributed by atoms with Crippen LogP contribution in [0.5, 0.6) is 0 Å². The Hall–Kier alpha value is -3.45. The molecule has 1 unspecified atom stereocenters. The molecule has 170 valence electrons. The third-order valence-electron chi connectivity index (χ3n) is 6.40. The van der Waals surface area contributed by atoms with Gasteiger partial charge in [0.05, 0.1) is 23.6 Å². The van der Waals surface area contributed by atoms with E-state index in [1.165, 1.54) is 22.3 Å². The van der Waals surface area contributed by atoms with Crippen LogP contribution in [0.3, 0.4) is 0 Å². The molecule has 0 spiro atoms. The number of likely N-dealkylation sites (N-methyl/N-ethyl adjacent to an activating group) is 1. The molecular weight excluding hydrogens is 410 g/mol. The van der Waals surface area contributed by atoms with Gasteiger partial charge in [-0.05, 0) is 68.8 Å². The molecule has 1 atom stereocenters. The number of hydrogen-bond acceptors (Lipinski definition) is 5. The molecule has 0 aliphatic carbocycles. The van der Waals surface area contributed by atoms with Crippen LogP contribution in [0.25, 0.3) is 22.4 Å². The van der Waals surface area contributed by atoms with E-state index < -0.39 is 0 Å². The van der Waals surface area contributed by atoms with Crippen LogP contribution in [0.2, 0.25) is 0 Å². The average Bonchev–Trinajstić information content (AvgIpc) is 3.37. The summed E-state index contributed by atoms with van der Waals surface area (Å²) in [4.78, 5) is 2.22. The molecule has 0 amide bonds. The highest BCUT2D eigenvalue weighted by molar-refractivity contribution is 5.74. The maximum absolute atomic E-state index is 4.41. The SMILES string of the molecule is Cc1nnn2c1-c1ccc(-c3cnn(C)c3)cc1C(Nc1ccc(CCN(C)C)cc1)CC2. The first-order valence-electron chi connectivity index (χ1n) is 11.5. The zero-order valence-corrected chi connectivity index (χ0v) is 19.8. The van der Waals surface area contributed by atoms with Crippen LogP contribution in [-0.2, 0) is 20.0 Å². The summed E-state index contributed by atoms with van der Waals surface area (Å²) < 4.78 is 3.89. The summed E-state index contributed by atoms with van der Waals surface area (Å²) in [5, 5.41) is 16.9. The Labute approximate surface area is 195 Å². The minimum atomic E-state index is 0.172. The highest BCUT2D eigenvalue weighted by atomic mass is 15.4. The van der Waals surface area contributed by atoms with E-state index >= 15 is 0 Å². The molecule has 0 bridgehead atoms. The van der Waals surface area contributed by atoms with E-state index in [1.807, 2.05) is 29.5 Å². The van der Waals surface area contributed by atoms with Crippen LogP contribution < -0.4 is 5.32 Å². The van der Waals surface area contributed by atoms with Crippen LogP contribution in [0.1, 0.15) is 29.3 Å². The second-order valence-electron chi connectivity index (χ2n) is 9.19. The lowest BCUT2D eigenvalue weighted by atomic mass is 9.93. The van der Waals surface area contributed by atoms with Crippen LogP contribution >= 0.6 is 0 Å². The number of benzene rings is 2. The van der Waals surface area contributed by atoms with E-state index in [0.717, 1.165) is 48.6 Å². The van der Waals surface area contributed by atoms with Crippen molar-refractivity contribution in [1.29, 1.82) is 0 Å². The van der Waals surface area contributed by atoms with E-state index in [1.54, 1.807) is 0 Å². The first-order valence-corrected chi connectivity index (χ1v) is 11.5. The number of aromatic nitrogens is 5. The summed E-state index contributed by atoms with van der Waals surface area (Å²) in [6.45, 7) is 3.92. The lowest BCUT2D eigenvalue weighted by molar-refractivity contribution is 0.413. The van der Waals surface area contributed by atoms with Crippen molar-refractivity contribution in [2.24, 2.45) is 7.05 Å². The molecule has 1 aliphatic rings. The number of nitrogens with one attached hydrogen (secondary N) is 1. The number of rotatable bonds is 6. The van der Waals surface area contributed by atoms with E-state index in [-0.39, 0.29) is 6.04 Å². The number of fused-ring (bicyclic) bond motifs is 3. The molecule has 33 heavy (non-hydrogen) atoms. The summed E-state index contributed by atoms with van der Waals surface area (Å²) in [7, 11) is 6.18. The Bertz CT molecular complexity index is 1250. The van der Waals surface area contributed by atoms with Crippen molar-refractivity contribution in [2.75, 3.05) is 26.0 Å². The van der Waals surface area contributed by atoms with Gasteiger partial charge in [-0.15, -0.1) is 5.10 Å². The molecule has 0 radical (unpaired) electrons. The van der Waals surface area contributed by atoms with Gasteiger partial charge in [-0.3, -0.25) is 4.68 Å². The second kappa shape index (κ2) is 8.83. The summed E-state index contributed by atoms with van der Waals surface area (Å²) in [6, 6.07) is 15.7. The van der Waals surface area contributed by atoms with E-state index in [2.05, 4.69) is 88.4 Å². The molecule has 2 aromatic carbocycles. The average molecular weight is 442 g/mol. The monoisotopic (exact) mass is 441 g/mol. The first kappa shape index (κ1) is 21.4. The van der Waals surface area contributed by atoms with Gasteiger partial charge in [-0.2, -0.15) is 5.10 Å². The normalized spacial score (nSPS) is 15.2. The third-order valence-corrected chi connectivity index (χ3v) is 6.40. The van der Waals surface area contributed by atoms with Crippen LogP contribution in [0.15, 0.2) is 54.9 Å². The van der Waals surface area contributed by atoms with Crippen LogP contribution in [0, 0.1) is 6.92 Å². The second-order valence-corrected chi connectivity index (χ2v) is 9.19. The van der Waals surface area contributed by atoms with Crippen molar-refractivity contribution in [1.82, 2.24) is 29.7 Å². The lowest BCUT2D eigenvalue weighted by Crippen LogP contribution is -2.15. The smallest absolute Gasteiger partial charge is 0.0918 e. The standard InChI is InChI=1S/C26H31N7/c1-18-26-23-10-7-20(21-16-27-32(4)17-21)15-24(23)25(12-14-33(26)30-29-18)28-22-8-5-19(6-9-22)11-13-31(2)3/h5-10,15-17,25,28H,11-14H2,1-4H3. The predicted octanol–water partition coefficient (Wildman–Crippen LogP) is 4.32. The number of nitrogens with zero attached hydrogens (tertiary/aromatic N) is 6. The van der Waals surface area contributed by atoms with Crippen molar-refractivity contribution in [2.45, 2.75) is 32.4 Å². The van der Waals surface area contributed by atoms with Crippen molar-refractivity contribution in [3.05, 3.63) is 71.7 Å². The summed E-state index contributed by atoms with van der Waals surface area (Å²) in [6.07, 6.45) is 5.97. The topological polar surface area (TPSA) is 63.8 Å². The zero-order valence-electron chi connectivity index (χ0n) is 19.8. The molecule has 7 heteroatoms. The molecule has 0 saturated carbocycles. The number of hydrogen-bond donors (Lipinski definition) is 1. The molecule has 2 aromatic heterocycles. The molecule has 5 rings (SSSR count). The Kier molecular flexibility index (Phi) is 5.72. The summed E-state index contributed by atoms with van der Waals surface area (Å²) >= 11 is 0. The van der Waals surface area contributed by atoms with Crippen molar-refractivity contribution in [3.8, 4) is 22.4 Å². The molecule has 1 N–H and O–H groups in total. The van der Waals surface area contributed by atoms with Gasteiger partial charge < -0.3 is 10.2 Å². The molecule has 3 heterocycles. The molecule has 0 fully saturated rings. The molecule has 4 aromatic rings. The van der Waals surface area contributed by atoms with Gasteiger partial charge in [0, 0.05) is 43.1 Å². The Morgan fingerprint density at radius 2 is 1.91 bits per heavy atom. The quantitative estimate of drug-likeness (QED) is 0.483. The van der Waals surface area contributed by atoms with Gasteiger partial charge in [0.1, 0.15) is 0 Å². The van der Waals surface area contributed by atoms with Crippen LogP contribution in [0.4, 0.5) is 5.69 Å². The number of aryl methyl sites for hydroxylation is 3. The summed E-state index contributed by atoms with van der Waals surface area (Å²) in [5.74, 6) is 0. The van der Waals surface area contributed by atoms with Gasteiger partial charge in [0.15, 0.2) is 0 Å². The molecule has 0 saturated heterocycles. The highest BCUT2D eigenvalue weighted by Gasteiger charge is 2.25. The Balaban J connectivity index is 1.49. The van der Waals surface area contributed by atoms with Crippen molar-refractivity contribution >= 4 is 5.69 Å². The lowest BCUT2D eigenvalue weighted by Gasteiger charge is -2.21. The maximum Gasteiger partial charge on any atom is 0.0918 e. The fourth-order valence-electron chi connectivity index (χ4n) is 4.59. The van der Waals surface area contributed by atoms with Crippen LogP contribution in [-0.4, -0.2) is 50.3 Å². The van der Waals surface area contributed by atoms with Crippen molar-refractivity contribution in [3.63, 3.8) is 0 Å². The van der Waals surface area contributed by atoms with Gasteiger partial charge in [0.2, 0.25) is 0 Å². The maximum atomic E-state index is 4.41. The predicted molar refractivity (Wildman–Crippen MR) is 132 cm³/mol. The number of anilines is 1. The van der Waals surface area contributed by atoms with Crippen molar-refractivity contribution < 1.29 is 0 Å². The molecule has 1 aliphatic heterocycles. The Morgan fingerprint density at radius 1 is 1.09 bits per heavy atom. The largest absolute Gasteiger partial charge is 0.378 e. The van der Waals surface area contributed by atoms with Gasteiger partial charge >= 0.3 is 0 Å². The zero-order chi connectivity index (χ0) is 22.9. The fourth-order valence-corrected chi connectivity index (χ4v) is 4.59. The molecule has 7 nitrogen and oxygen atoms in total. The first-order chi connectivity index (χ1) is 16.0.